The number of rotatable bonds is 4. The highest BCUT2D eigenvalue weighted by atomic mass is 32.1. The minimum Gasteiger partial charge on any atom is -0.381 e. The molecule has 30 heavy (non-hydrogen) atoms. The largest absolute Gasteiger partial charge is 0.381 e. The Labute approximate surface area is 182 Å². The predicted molar refractivity (Wildman–Crippen MR) is 115 cm³/mol. The first-order valence-corrected chi connectivity index (χ1v) is 11.3. The predicted octanol–water partition coefficient (Wildman–Crippen LogP) is 2.74. The minimum atomic E-state index is -0.918. The number of ether oxygens (including phenoxy) is 2. The molecule has 4 aliphatic rings. The zero-order valence-corrected chi connectivity index (χ0v) is 18.3. The molecule has 1 N–H and O–H groups in total. The van der Waals surface area contributed by atoms with Crippen LogP contribution in [-0.4, -0.2) is 48.4 Å². The summed E-state index contributed by atoms with van der Waals surface area (Å²) in [4.78, 5) is 15.8. The lowest BCUT2D eigenvalue weighted by Crippen LogP contribution is -2.69. The number of hydrogen-bond donors (Lipinski definition) is 1. The Kier molecular flexibility index (Phi) is 4.66. The highest BCUT2D eigenvalue weighted by Crippen LogP contribution is 2.67. The summed E-state index contributed by atoms with van der Waals surface area (Å²) in [5, 5.41) is 13.4. The Balaban J connectivity index is 1.63. The van der Waals surface area contributed by atoms with Crippen molar-refractivity contribution in [3.05, 3.63) is 34.9 Å². The van der Waals surface area contributed by atoms with Crippen LogP contribution in [0.2, 0.25) is 0 Å². The SMILES string of the molecule is CC[C@@H]1[C@@H](OC)CC[C@@]12c1ccc(C#N)cc1C21NC(=S)N(C[C@H]2CCCO2)C1=O. The van der Waals surface area contributed by atoms with Gasteiger partial charge < -0.3 is 14.8 Å². The van der Waals surface area contributed by atoms with Crippen molar-refractivity contribution in [1.82, 2.24) is 10.2 Å². The number of thiocarbonyl (C=S) groups is 1. The normalized spacial score (nSPS) is 36.8. The third-order valence-electron chi connectivity index (χ3n) is 7.87. The number of carbonyl (C=O) groups is 1. The van der Waals surface area contributed by atoms with Crippen molar-refractivity contribution in [2.75, 3.05) is 20.3 Å². The molecule has 0 bridgehead atoms. The summed E-state index contributed by atoms with van der Waals surface area (Å²) >= 11 is 5.69. The number of hydrogen-bond acceptors (Lipinski definition) is 5. The molecule has 5 atom stereocenters. The number of carbonyl (C=O) groups excluding carboxylic acids is 1. The maximum absolute atomic E-state index is 14.1. The average molecular weight is 426 g/mol. The van der Waals surface area contributed by atoms with Crippen molar-refractivity contribution in [1.29, 1.82) is 5.26 Å². The fourth-order valence-corrected chi connectivity index (χ4v) is 6.99. The van der Waals surface area contributed by atoms with Crippen LogP contribution in [0, 0.1) is 17.2 Å². The van der Waals surface area contributed by atoms with Crippen LogP contribution in [0.25, 0.3) is 0 Å². The fourth-order valence-electron chi connectivity index (χ4n) is 6.68. The molecule has 1 unspecified atom stereocenters. The van der Waals surface area contributed by atoms with Crippen molar-refractivity contribution in [2.24, 2.45) is 5.92 Å². The second-order valence-corrected chi connectivity index (χ2v) is 9.29. The molecule has 6 nitrogen and oxygen atoms in total. The van der Waals surface area contributed by atoms with Crippen LogP contribution in [0.15, 0.2) is 18.2 Å². The molecule has 2 heterocycles. The third kappa shape index (κ3) is 2.30. The van der Waals surface area contributed by atoms with E-state index >= 15 is 0 Å². The quantitative estimate of drug-likeness (QED) is 0.748. The molecule has 1 amide bonds. The molecule has 158 valence electrons. The molecule has 5 rings (SSSR count). The lowest BCUT2D eigenvalue weighted by atomic mass is 9.46. The molecule has 2 aliphatic heterocycles. The molecular weight excluding hydrogens is 398 g/mol. The van der Waals surface area contributed by atoms with Gasteiger partial charge in [-0.15, -0.1) is 0 Å². The highest BCUT2D eigenvalue weighted by Gasteiger charge is 2.75. The molecule has 0 radical (unpaired) electrons. The third-order valence-corrected chi connectivity index (χ3v) is 8.19. The van der Waals surface area contributed by atoms with Gasteiger partial charge in [0.2, 0.25) is 0 Å². The minimum absolute atomic E-state index is 0.000734. The maximum atomic E-state index is 14.1. The van der Waals surface area contributed by atoms with Gasteiger partial charge in [0.25, 0.3) is 5.91 Å². The first-order valence-electron chi connectivity index (χ1n) is 10.9. The highest BCUT2D eigenvalue weighted by molar-refractivity contribution is 7.80. The first-order chi connectivity index (χ1) is 14.5. The Morgan fingerprint density at radius 1 is 1.40 bits per heavy atom. The topological polar surface area (TPSA) is 74.6 Å². The molecule has 2 spiro atoms. The molecular formula is C23H27N3O3S. The number of amides is 1. The van der Waals surface area contributed by atoms with Crippen molar-refractivity contribution >= 4 is 23.2 Å². The van der Waals surface area contributed by atoms with E-state index in [1.807, 2.05) is 18.2 Å². The van der Waals surface area contributed by atoms with Gasteiger partial charge in [0.15, 0.2) is 10.7 Å². The Morgan fingerprint density at radius 2 is 2.23 bits per heavy atom. The van der Waals surface area contributed by atoms with Crippen molar-refractivity contribution in [3.8, 4) is 6.07 Å². The van der Waals surface area contributed by atoms with E-state index in [2.05, 4.69) is 18.3 Å². The lowest BCUT2D eigenvalue weighted by molar-refractivity contribution is -0.139. The summed E-state index contributed by atoms with van der Waals surface area (Å²) < 4.78 is 11.6. The summed E-state index contributed by atoms with van der Waals surface area (Å²) in [6, 6.07) is 8.00. The number of nitrogens with one attached hydrogen (secondary N) is 1. The second-order valence-electron chi connectivity index (χ2n) is 8.90. The first kappa shape index (κ1) is 19.9. The molecule has 1 saturated carbocycles. The van der Waals surface area contributed by atoms with Gasteiger partial charge in [0, 0.05) is 19.1 Å². The molecule has 1 aromatic carbocycles. The summed E-state index contributed by atoms with van der Waals surface area (Å²) in [5.41, 5.74) is 1.33. The van der Waals surface area contributed by atoms with E-state index in [4.69, 9.17) is 21.7 Å². The molecule has 7 heteroatoms. The van der Waals surface area contributed by atoms with Crippen LogP contribution in [0.3, 0.4) is 0 Å². The van der Waals surface area contributed by atoms with E-state index in [0.717, 1.165) is 49.8 Å². The van der Waals surface area contributed by atoms with Crippen LogP contribution in [0.5, 0.6) is 0 Å². The van der Waals surface area contributed by atoms with Crippen LogP contribution in [0.4, 0.5) is 0 Å². The zero-order chi connectivity index (χ0) is 21.1. The van der Waals surface area contributed by atoms with Gasteiger partial charge in [0.05, 0.1) is 30.4 Å². The van der Waals surface area contributed by atoms with Gasteiger partial charge in [0.1, 0.15) is 0 Å². The monoisotopic (exact) mass is 425 g/mol. The van der Waals surface area contributed by atoms with Crippen LogP contribution in [-0.2, 0) is 25.2 Å². The number of benzene rings is 1. The fraction of sp³-hybridized carbons (Fsp3) is 0.609. The van der Waals surface area contributed by atoms with E-state index in [-0.39, 0.29) is 29.4 Å². The second kappa shape index (κ2) is 7.01. The molecule has 3 fully saturated rings. The van der Waals surface area contributed by atoms with E-state index in [0.29, 0.717) is 17.2 Å². The molecule has 0 aromatic heterocycles. The van der Waals surface area contributed by atoms with Crippen LogP contribution < -0.4 is 5.32 Å². The van der Waals surface area contributed by atoms with E-state index in [1.54, 1.807) is 12.0 Å². The number of nitriles is 1. The van der Waals surface area contributed by atoms with E-state index in [1.165, 1.54) is 0 Å². The van der Waals surface area contributed by atoms with Crippen molar-refractivity contribution < 1.29 is 14.3 Å². The van der Waals surface area contributed by atoms with Gasteiger partial charge in [-0.2, -0.15) is 5.26 Å². The van der Waals surface area contributed by atoms with Crippen molar-refractivity contribution in [2.45, 2.75) is 62.2 Å². The summed E-state index contributed by atoms with van der Waals surface area (Å²) in [6.45, 7) is 3.39. The number of nitrogens with zero attached hydrogens (tertiary/aromatic N) is 2. The lowest BCUT2D eigenvalue weighted by Gasteiger charge is -2.58. The summed E-state index contributed by atoms with van der Waals surface area (Å²) in [7, 11) is 1.76. The summed E-state index contributed by atoms with van der Waals surface area (Å²) in [5.74, 6) is 0.200. The number of fused-ring (bicyclic) bond motifs is 4. The Bertz CT molecular complexity index is 954. The van der Waals surface area contributed by atoms with Crippen molar-refractivity contribution in [3.63, 3.8) is 0 Å². The Hall–Kier alpha value is -2.01. The van der Waals surface area contributed by atoms with Gasteiger partial charge in [-0.1, -0.05) is 13.0 Å². The van der Waals surface area contributed by atoms with Crippen LogP contribution >= 0.6 is 12.2 Å². The average Bonchev–Trinajstić information content (AvgIpc) is 3.47. The van der Waals surface area contributed by atoms with Crippen LogP contribution in [0.1, 0.15) is 55.7 Å². The molecule has 2 saturated heterocycles. The maximum Gasteiger partial charge on any atom is 0.260 e. The van der Waals surface area contributed by atoms with E-state index in [9.17, 15) is 10.1 Å². The summed E-state index contributed by atoms with van der Waals surface area (Å²) in [6.07, 6.45) is 4.77. The van der Waals surface area contributed by atoms with Gasteiger partial charge >= 0.3 is 0 Å². The standard InChI is InChI=1S/C23H27N3O3S/c1-3-16-19(28-2)8-9-22(16)17-7-6-14(12-24)11-18(17)23(22)20(27)26(21(30)25-23)13-15-5-4-10-29-15/h6-7,11,15-16,19H,3-5,8-10,13H2,1-2H3,(H,25,30)/t15-,16-,19+,22+,23?/m1/s1. The number of methoxy groups -OCH3 is 1. The van der Waals surface area contributed by atoms with Gasteiger partial charge in [-0.25, -0.2) is 0 Å². The van der Waals surface area contributed by atoms with Gasteiger partial charge in [-0.3, -0.25) is 9.69 Å². The smallest absolute Gasteiger partial charge is 0.260 e. The molecule has 1 aromatic rings. The Morgan fingerprint density at radius 3 is 2.90 bits per heavy atom. The van der Waals surface area contributed by atoms with E-state index < -0.39 is 5.54 Å². The van der Waals surface area contributed by atoms with Gasteiger partial charge in [-0.05, 0) is 73.5 Å². The zero-order valence-electron chi connectivity index (χ0n) is 17.4. The molecule has 2 aliphatic carbocycles.